The number of carboxylic acid groups (broad SMARTS) is 2. The fourth-order valence-electron chi connectivity index (χ4n) is 3.51. The van der Waals surface area contributed by atoms with Crippen LogP contribution >= 0.6 is 0 Å². The van der Waals surface area contributed by atoms with Crippen molar-refractivity contribution in [2.24, 2.45) is 0 Å². The lowest BCUT2D eigenvalue weighted by molar-refractivity contribution is -0.217. The largest absolute Gasteiger partial charge is 0.478 e. The second kappa shape index (κ2) is 14.3. The van der Waals surface area contributed by atoms with Crippen molar-refractivity contribution in [2.45, 2.75) is 6.61 Å². The highest BCUT2D eigenvalue weighted by Crippen LogP contribution is 2.24. The fourth-order valence-corrected chi connectivity index (χ4v) is 3.51. The monoisotopic (exact) mass is 580 g/mol. The highest BCUT2D eigenvalue weighted by Gasteiger charge is 2.20. The van der Waals surface area contributed by atoms with Crippen LogP contribution in [0.5, 0.6) is 28.7 Å². The van der Waals surface area contributed by atoms with Crippen molar-refractivity contribution < 1.29 is 53.3 Å². The third-order valence-electron chi connectivity index (χ3n) is 5.45. The summed E-state index contributed by atoms with van der Waals surface area (Å²) in [6, 6.07) is 22.3. The van der Waals surface area contributed by atoms with Crippen LogP contribution in [0.15, 0.2) is 91.0 Å². The van der Waals surface area contributed by atoms with Crippen LogP contribution in [-0.4, -0.2) is 28.1 Å². The van der Waals surface area contributed by atoms with E-state index in [1.54, 1.807) is 24.3 Å². The van der Waals surface area contributed by atoms with Gasteiger partial charge in [-0.2, -0.15) is 4.89 Å². The van der Waals surface area contributed by atoms with Crippen molar-refractivity contribution >= 4 is 17.9 Å². The molecule has 0 amide bonds. The minimum Gasteiger partial charge on any atom is -0.478 e. The van der Waals surface area contributed by atoms with Gasteiger partial charge in [-0.3, -0.25) is 0 Å². The van der Waals surface area contributed by atoms with E-state index in [1.165, 1.54) is 54.6 Å². The number of terminal acetylenes is 1. The van der Waals surface area contributed by atoms with Gasteiger partial charge in [-0.15, -0.1) is 0 Å². The van der Waals surface area contributed by atoms with Gasteiger partial charge in [-0.1, -0.05) is 24.6 Å². The third kappa shape index (κ3) is 8.28. The van der Waals surface area contributed by atoms with Gasteiger partial charge in [0.05, 0.1) is 16.7 Å². The predicted octanol–water partition coefficient (Wildman–Crippen LogP) is 5.16. The standard InChI is InChI=1S/C32H20O11/c1-2-38-26-13-15-28(31(35)36)29(19-26)32(37)42-23-8-10-24(11-9-23)43-41-20-21-18-25(12-14-27(21)30(33)34)40-17-16-39-22-6-4-3-5-7-22/h1,3-15,18-19H,20H2,(H,33,34)(H,35,36). The second-order valence-corrected chi connectivity index (χ2v) is 8.28. The molecule has 0 fully saturated rings. The molecule has 4 aromatic rings. The van der Waals surface area contributed by atoms with Gasteiger partial charge in [0.15, 0.2) is 18.0 Å². The molecule has 43 heavy (non-hydrogen) atoms. The number of carbonyl (C=O) groups is 3. The molecule has 0 spiro atoms. The summed E-state index contributed by atoms with van der Waals surface area (Å²) in [6.07, 6.45) is 11.8. The summed E-state index contributed by atoms with van der Waals surface area (Å²) in [4.78, 5) is 46.3. The van der Waals surface area contributed by atoms with Gasteiger partial charge >= 0.3 is 17.9 Å². The lowest BCUT2D eigenvalue weighted by Gasteiger charge is -2.10. The number of carbonyl (C=O) groups excluding carboxylic acids is 1. The van der Waals surface area contributed by atoms with Crippen LogP contribution in [0.25, 0.3) is 0 Å². The van der Waals surface area contributed by atoms with Crippen molar-refractivity contribution in [1.29, 1.82) is 0 Å². The summed E-state index contributed by atoms with van der Waals surface area (Å²) in [5, 5.41) is 18.9. The number of benzene rings is 4. The van der Waals surface area contributed by atoms with E-state index >= 15 is 0 Å². The molecule has 214 valence electrons. The summed E-state index contributed by atoms with van der Waals surface area (Å²) >= 11 is 0. The van der Waals surface area contributed by atoms with E-state index in [4.69, 9.17) is 35.1 Å². The quantitative estimate of drug-likeness (QED) is 0.0797. The summed E-state index contributed by atoms with van der Waals surface area (Å²) < 4.78 is 20.7. The Balaban J connectivity index is 1.35. The molecular weight excluding hydrogens is 560 g/mol. The Hall–Kier alpha value is -6.43. The molecule has 0 aliphatic carbocycles. The SMILES string of the molecule is C#COc1ccc(C(=O)O)c(C(=O)Oc2ccc(OOCc3cc(OC#COc4ccccc4)ccc3C(=O)O)cc2)c1. The average molecular weight is 581 g/mol. The first kappa shape index (κ1) is 29.6. The Labute approximate surface area is 244 Å². The second-order valence-electron chi connectivity index (χ2n) is 8.28. The van der Waals surface area contributed by atoms with Crippen LogP contribution < -0.4 is 23.8 Å². The maximum absolute atomic E-state index is 12.6. The van der Waals surface area contributed by atoms with E-state index in [0.717, 1.165) is 6.07 Å². The average Bonchev–Trinajstić information content (AvgIpc) is 3.00. The lowest BCUT2D eigenvalue weighted by Crippen LogP contribution is -2.14. The molecule has 11 nitrogen and oxygen atoms in total. The van der Waals surface area contributed by atoms with Crippen molar-refractivity contribution in [2.75, 3.05) is 0 Å². The van der Waals surface area contributed by atoms with E-state index < -0.39 is 17.9 Å². The molecule has 0 aliphatic rings. The molecule has 0 aromatic heterocycles. The van der Waals surface area contributed by atoms with Crippen LogP contribution in [0.3, 0.4) is 0 Å². The third-order valence-corrected chi connectivity index (χ3v) is 5.45. The Kier molecular flexibility index (Phi) is 9.81. The molecule has 0 saturated carbocycles. The van der Waals surface area contributed by atoms with Crippen LogP contribution in [0.4, 0.5) is 0 Å². The van der Waals surface area contributed by atoms with E-state index in [0.29, 0.717) is 5.75 Å². The van der Waals surface area contributed by atoms with Crippen LogP contribution in [0.1, 0.15) is 36.6 Å². The van der Waals surface area contributed by atoms with Gasteiger partial charge in [0.2, 0.25) is 0 Å². The molecule has 0 heterocycles. The van der Waals surface area contributed by atoms with Gasteiger partial charge in [-0.05, 0) is 72.8 Å². The molecule has 4 rings (SSSR count). The van der Waals surface area contributed by atoms with E-state index in [-0.39, 0.29) is 51.9 Å². The van der Waals surface area contributed by atoms with Crippen LogP contribution in [-0.2, 0) is 11.5 Å². The first-order chi connectivity index (χ1) is 20.8. The number of hydrogen-bond acceptors (Lipinski definition) is 9. The number of rotatable bonds is 11. The number of carboxylic acids is 2. The zero-order valence-electron chi connectivity index (χ0n) is 22.0. The van der Waals surface area contributed by atoms with Crippen molar-refractivity contribution in [3.63, 3.8) is 0 Å². The highest BCUT2D eigenvalue weighted by atomic mass is 17.2. The van der Waals surface area contributed by atoms with Crippen LogP contribution in [0.2, 0.25) is 0 Å². The number of ether oxygens (including phenoxy) is 4. The Bertz CT molecular complexity index is 1730. The predicted molar refractivity (Wildman–Crippen MR) is 149 cm³/mol. The van der Waals surface area contributed by atoms with E-state index in [1.807, 2.05) is 12.2 Å². The lowest BCUT2D eigenvalue weighted by atomic mass is 10.1. The molecule has 4 aromatic carbocycles. The molecule has 0 bridgehead atoms. The van der Waals surface area contributed by atoms with Gasteiger partial charge in [-0.25, -0.2) is 14.4 Å². The zero-order valence-corrected chi connectivity index (χ0v) is 22.0. The zero-order chi connectivity index (χ0) is 30.6. The van der Waals surface area contributed by atoms with Gasteiger partial charge in [0.1, 0.15) is 35.7 Å². The van der Waals surface area contributed by atoms with E-state index in [9.17, 15) is 24.6 Å². The van der Waals surface area contributed by atoms with Gasteiger partial charge in [0.25, 0.3) is 0 Å². The molecule has 0 atom stereocenters. The minimum atomic E-state index is -1.34. The topological polar surface area (TPSA) is 147 Å². The van der Waals surface area contributed by atoms with Crippen molar-refractivity contribution in [1.82, 2.24) is 0 Å². The normalized spacial score (nSPS) is 9.84. The first-order valence-corrected chi connectivity index (χ1v) is 12.2. The number of esters is 1. The molecule has 0 radical (unpaired) electrons. The van der Waals surface area contributed by atoms with Crippen molar-refractivity contribution in [3.05, 3.63) is 113 Å². The summed E-state index contributed by atoms with van der Waals surface area (Å²) in [6.45, 7) is -0.266. The molecule has 11 heteroatoms. The van der Waals surface area contributed by atoms with Gasteiger partial charge < -0.3 is 34.0 Å². The Morgan fingerprint density at radius 3 is 1.86 bits per heavy atom. The fraction of sp³-hybridized carbons (Fsp3) is 0.0312. The molecule has 0 saturated heterocycles. The maximum Gasteiger partial charge on any atom is 0.344 e. The maximum atomic E-state index is 12.6. The summed E-state index contributed by atoms with van der Waals surface area (Å²) in [7, 11) is 0. The number of hydrogen-bond donors (Lipinski definition) is 2. The Morgan fingerprint density at radius 1 is 0.628 bits per heavy atom. The van der Waals surface area contributed by atoms with E-state index in [2.05, 4.69) is 12.2 Å². The first-order valence-electron chi connectivity index (χ1n) is 12.2. The molecular formula is C32H20O11. The molecule has 2 N–H and O–H groups in total. The molecule has 0 aliphatic heterocycles. The van der Waals surface area contributed by atoms with Crippen LogP contribution in [0, 0.1) is 24.7 Å². The number of para-hydroxylation sites is 1. The number of aromatic carboxylic acids is 2. The highest BCUT2D eigenvalue weighted by molar-refractivity contribution is 6.03. The van der Waals surface area contributed by atoms with Crippen molar-refractivity contribution in [3.8, 4) is 53.5 Å². The van der Waals surface area contributed by atoms with Gasteiger partial charge in [0, 0.05) is 5.56 Å². The smallest absolute Gasteiger partial charge is 0.344 e. The molecule has 0 unspecified atom stereocenters. The minimum absolute atomic E-state index is 0.0378. The summed E-state index contributed by atoms with van der Waals surface area (Å²) in [5.74, 6) is -2.33. The summed E-state index contributed by atoms with van der Waals surface area (Å²) in [5.41, 5.74) is -0.361. The Morgan fingerprint density at radius 2 is 1.21 bits per heavy atom.